The van der Waals surface area contributed by atoms with Crippen LogP contribution in [0.2, 0.25) is 0 Å². The maximum Gasteiger partial charge on any atom is 0.0363 e. The van der Waals surface area contributed by atoms with Crippen LogP contribution in [0.15, 0.2) is 24.3 Å². The van der Waals surface area contributed by atoms with Crippen molar-refractivity contribution in [2.75, 3.05) is 44.7 Å². The van der Waals surface area contributed by atoms with Gasteiger partial charge in [-0.15, -0.1) is 0 Å². The predicted molar refractivity (Wildman–Crippen MR) is 82.8 cm³/mol. The van der Waals surface area contributed by atoms with Gasteiger partial charge in [-0.2, -0.15) is 0 Å². The van der Waals surface area contributed by atoms with E-state index in [0.717, 1.165) is 39.3 Å². The normalized spacial score (nSPS) is 16.5. The van der Waals surface area contributed by atoms with Gasteiger partial charge in [-0.25, -0.2) is 0 Å². The highest BCUT2D eigenvalue weighted by atomic mass is 15.2. The lowest BCUT2D eigenvalue weighted by Crippen LogP contribution is -2.42. The summed E-state index contributed by atoms with van der Waals surface area (Å²) in [6.07, 6.45) is 2.52. The van der Waals surface area contributed by atoms with Crippen molar-refractivity contribution in [3.8, 4) is 0 Å². The molecular formula is C16H27N3. The Balaban J connectivity index is 1.86. The summed E-state index contributed by atoms with van der Waals surface area (Å²) in [6.45, 7) is 9.05. The molecule has 1 fully saturated rings. The fourth-order valence-electron chi connectivity index (χ4n) is 2.51. The molecule has 2 rings (SSSR count). The summed E-state index contributed by atoms with van der Waals surface area (Å²) in [6, 6.07) is 9.07. The molecule has 1 heterocycles. The molecule has 0 saturated carbocycles. The minimum Gasteiger partial charge on any atom is -0.375 e. The fourth-order valence-corrected chi connectivity index (χ4v) is 2.51. The molecule has 0 atom stereocenters. The van der Waals surface area contributed by atoms with Gasteiger partial charge in [0.05, 0.1) is 0 Å². The topological polar surface area (TPSA) is 18.5 Å². The van der Waals surface area contributed by atoms with Gasteiger partial charge < -0.3 is 10.2 Å². The molecule has 3 nitrogen and oxygen atoms in total. The SMILES string of the molecule is CCCCN(C)c1ccc(CN2CCNCC2)cc1. The van der Waals surface area contributed by atoms with E-state index < -0.39 is 0 Å². The molecule has 0 spiro atoms. The van der Waals surface area contributed by atoms with Crippen LogP contribution < -0.4 is 10.2 Å². The van der Waals surface area contributed by atoms with Gasteiger partial charge in [0.1, 0.15) is 0 Å². The first kappa shape index (κ1) is 14.4. The van der Waals surface area contributed by atoms with E-state index >= 15 is 0 Å². The summed E-state index contributed by atoms with van der Waals surface area (Å²) >= 11 is 0. The van der Waals surface area contributed by atoms with Crippen LogP contribution in [0.3, 0.4) is 0 Å². The van der Waals surface area contributed by atoms with Gasteiger partial charge in [-0.05, 0) is 24.1 Å². The van der Waals surface area contributed by atoms with Gasteiger partial charge in [0.15, 0.2) is 0 Å². The highest BCUT2D eigenvalue weighted by molar-refractivity contribution is 5.46. The number of benzene rings is 1. The van der Waals surface area contributed by atoms with Gasteiger partial charge in [0.25, 0.3) is 0 Å². The summed E-state index contributed by atoms with van der Waals surface area (Å²) in [4.78, 5) is 4.87. The van der Waals surface area contributed by atoms with Gasteiger partial charge in [0, 0.05) is 52.0 Å². The average molecular weight is 261 g/mol. The molecule has 0 aromatic heterocycles. The summed E-state index contributed by atoms with van der Waals surface area (Å²) in [7, 11) is 2.18. The van der Waals surface area contributed by atoms with Crippen LogP contribution in [0.5, 0.6) is 0 Å². The molecule has 106 valence electrons. The molecule has 0 unspecified atom stereocenters. The molecule has 1 aliphatic rings. The van der Waals surface area contributed by atoms with Gasteiger partial charge in [-0.1, -0.05) is 25.5 Å². The van der Waals surface area contributed by atoms with Crippen molar-refractivity contribution in [2.45, 2.75) is 26.3 Å². The first-order chi connectivity index (χ1) is 9.29. The van der Waals surface area contributed by atoms with E-state index in [1.54, 1.807) is 0 Å². The number of nitrogens with one attached hydrogen (secondary N) is 1. The minimum atomic E-state index is 1.08. The highest BCUT2D eigenvalue weighted by Gasteiger charge is 2.09. The molecule has 19 heavy (non-hydrogen) atoms. The lowest BCUT2D eigenvalue weighted by molar-refractivity contribution is 0.233. The standard InChI is InChI=1S/C16H27N3/c1-3-4-11-18(2)16-7-5-15(6-8-16)14-19-12-9-17-10-13-19/h5-8,17H,3-4,9-14H2,1-2H3. The number of rotatable bonds is 6. The Morgan fingerprint density at radius 2 is 1.84 bits per heavy atom. The molecule has 1 aromatic carbocycles. The van der Waals surface area contributed by atoms with Crippen LogP contribution in [0.4, 0.5) is 5.69 Å². The van der Waals surface area contributed by atoms with E-state index in [0.29, 0.717) is 0 Å². The molecular weight excluding hydrogens is 234 g/mol. The molecule has 1 N–H and O–H groups in total. The van der Waals surface area contributed by atoms with Crippen molar-refractivity contribution < 1.29 is 0 Å². The molecule has 1 aliphatic heterocycles. The summed E-state index contributed by atoms with van der Waals surface area (Å²) in [5.74, 6) is 0. The second-order valence-electron chi connectivity index (χ2n) is 5.47. The lowest BCUT2D eigenvalue weighted by Gasteiger charge is -2.27. The van der Waals surface area contributed by atoms with Crippen molar-refractivity contribution in [3.63, 3.8) is 0 Å². The summed E-state index contributed by atoms with van der Waals surface area (Å²) < 4.78 is 0. The lowest BCUT2D eigenvalue weighted by atomic mass is 10.1. The van der Waals surface area contributed by atoms with E-state index in [-0.39, 0.29) is 0 Å². The largest absolute Gasteiger partial charge is 0.375 e. The van der Waals surface area contributed by atoms with Crippen LogP contribution in [0.1, 0.15) is 25.3 Å². The van der Waals surface area contributed by atoms with Crippen molar-refractivity contribution in [1.29, 1.82) is 0 Å². The van der Waals surface area contributed by atoms with E-state index in [9.17, 15) is 0 Å². The van der Waals surface area contributed by atoms with Crippen molar-refractivity contribution in [2.24, 2.45) is 0 Å². The number of nitrogens with zero attached hydrogens (tertiary/aromatic N) is 2. The van der Waals surface area contributed by atoms with Crippen LogP contribution in [-0.2, 0) is 6.54 Å². The van der Waals surface area contributed by atoms with Crippen LogP contribution in [0.25, 0.3) is 0 Å². The quantitative estimate of drug-likeness (QED) is 0.848. The van der Waals surface area contributed by atoms with Crippen molar-refractivity contribution >= 4 is 5.69 Å². The third kappa shape index (κ3) is 4.51. The zero-order chi connectivity index (χ0) is 13.5. The Hall–Kier alpha value is -1.06. The molecule has 0 aliphatic carbocycles. The molecule has 3 heteroatoms. The third-order valence-corrected chi connectivity index (χ3v) is 3.84. The summed E-state index contributed by atoms with van der Waals surface area (Å²) in [5, 5.41) is 3.40. The highest BCUT2D eigenvalue weighted by Crippen LogP contribution is 2.15. The molecule has 0 bridgehead atoms. The average Bonchev–Trinajstić information content (AvgIpc) is 2.46. The first-order valence-corrected chi connectivity index (χ1v) is 7.52. The van der Waals surface area contributed by atoms with Crippen LogP contribution in [-0.4, -0.2) is 44.7 Å². The van der Waals surface area contributed by atoms with E-state index in [1.165, 1.54) is 24.1 Å². The maximum absolute atomic E-state index is 3.40. The van der Waals surface area contributed by atoms with E-state index in [2.05, 4.69) is 53.4 Å². The third-order valence-electron chi connectivity index (χ3n) is 3.84. The molecule has 1 aromatic rings. The predicted octanol–water partition coefficient (Wildman–Crippen LogP) is 2.33. The Kier molecular flexibility index (Phi) is 5.67. The van der Waals surface area contributed by atoms with E-state index in [1.807, 2.05) is 0 Å². The zero-order valence-corrected chi connectivity index (χ0v) is 12.4. The Bertz CT molecular complexity index is 355. The Morgan fingerprint density at radius 3 is 2.47 bits per heavy atom. The van der Waals surface area contributed by atoms with E-state index in [4.69, 9.17) is 0 Å². The monoisotopic (exact) mass is 261 g/mol. The Morgan fingerprint density at radius 1 is 1.16 bits per heavy atom. The Labute approximate surface area is 117 Å². The smallest absolute Gasteiger partial charge is 0.0363 e. The van der Waals surface area contributed by atoms with Gasteiger partial charge in [-0.3, -0.25) is 4.90 Å². The molecule has 0 radical (unpaired) electrons. The maximum atomic E-state index is 3.40. The van der Waals surface area contributed by atoms with Gasteiger partial charge in [0.2, 0.25) is 0 Å². The second-order valence-corrected chi connectivity index (χ2v) is 5.47. The number of hydrogen-bond acceptors (Lipinski definition) is 3. The summed E-state index contributed by atoms with van der Waals surface area (Å²) in [5.41, 5.74) is 2.76. The first-order valence-electron chi connectivity index (χ1n) is 7.52. The van der Waals surface area contributed by atoms with Gasteiger partial charge >= 0.3 is 0 Å². The number of anilines is 1. The zero-order valence-electron chi connectivity index (χ0n) is 12.4. The minimum absolute atomic E-state index is 1.08. The number of unbranched alkanes of at least 4 members (excludes halogenated alkanes) is 1. The fraction of sp³-hybridized carbons (Fsp3) is 0.625. The second kappa shape index (κ2) is 7.51. The molecule has 1 saturated heterocycles. The number of piperazine rings is 1. The van der Waals surface area contributed by atoms with Crippen molar-refractivity contribution in [3.05, 3.63) is 29.8 Å². The van der Waals surface area contributed by atoms with Crippen molar-refractivity contribution in [1.82, 2.24) is 10.2 Å². The number of hydrogen-bond donors (Lipinski definition) is 1. The van der Waals surface area contributed by atoms with Crippen LogP contribution in [0, 0.1) is 0 Å². The van der Waals surface area contributed by atoms with Crippen LogP contribution >= 0.6 is 0 Å². The molecule has 0 amide bonds.